The van der Waals surface area contributed by atoms with Crippen LogP contribution in [0.5, 0.6) is 0 Å². The van der Waals surface area contributed by atoms with Gasteiger partial charge in [-0.3, -0.25) is 4.79 Å². The van der Waals surface area contributed by atoms with Crippen LogP contribution in [0, 0.1) is 0 Å². The molecule has 0 saturated heterocycles. The third-order valence-corrected chi connectivity index (χ3v) is 3.16. The zero-order chi connectivity index (χ0) is 12.4. The van der Waals surface area contributed by atoms with E-state index in [4.69, 9.17) is 23.2 Å². The molecule has 0 atom stereocenters. The van der Waals surface area contributed by atoms with Crippen molar-refractivity contribution < 1.29 is 4.79 Å². The van der Waals surface area contributed by atoms with Gasteiger partial charge in [-0.1, -0.05) is 34.9 Å². The van der Waals surface area contributed by atoms with Crippen molar-refractivity contribution in [2.24, 2.45) is 0 Å². The van der Waals surface area contributed by atoms with Gasteiger partial charge < -0.3 is 4.90 Å². The molecule has 0 spiro atoms. The Morgan fingerprint density at radius 2 is 2.18 bits per heavy atom. The number of amides is 1. The van der Waals surface area contributed by atoms with Crippen molar-refractivity contribution in [2.75, 3.05) is 13.1 Å². The van der Waals surface area contributed by atoms with Gasteiger partial charge in [0, 0.05) is 13.1 Å². The number of halogens is 2. The fourth-order valence-electron chi connectivity index (χ4n) is 1.83. The summed E-state index contributed by atoms with van der Waals surface area (Å²) in [5.74, 6) is -0.0911. The van der Waals surface area contributed by atoms with Crippen molar-refractivity contribution in [3.63, 3.8) is 0 Å². The summed E-state index contributed by atoms with van der Waals surface area (Å²) in [7, 11) is 0. The van der Waals surface area contributed by atoms with Gasteiger partial charge in [0.2, 0.25) is 0 Å². The molecule has 1 aromatic rings. The Morgan fingerprint density at radius 3 is 2.82 bits per heavy atom. The maximum atomic E-state index is 12.2. The molecular formula is C12H12Cl2N2O. The van der Waals surface area contributed by atoms with Crippen molar-refractivity contribution in [3.8, 4) is 0 Å². The number of hydrogen-bond acceptors (Lipinski definition) is 2. The average molecular weight is 271 g/mol. The number of nitrogens with zero attached hydrogens (tertiary/aromatic N) is 2. The fraction of sp³-hybridized carbons (Fsp3) is 0.333. The first kappa shape index (κ1) is 12.4. The Kier molecular flexibility index (Phi) is 3.69. The fourth-order valence-corrected chi connectivity index (χ4v) is 2.25. The van der Waals surface area contributed by atoms with Crippen LogP contribution in [0.25, 0.3) is 0 Å². The summed E-state index contributed by atoms with van der Waals surface area (Å²) in [6.07, 6.45) is 3.03. The van der Waals surface area contributed by atoms with Crippen LogP contribution in [0.1, 0.15) is 23.7 Å². The molecule has 0 bridgehead atoms. The molecule has 0 aromatic carbocycles. The predicted molar refractivity (Wildman–Crippen MR) is 68.5 cm³/mol. The van der Waals surface area contributed by atoms with Gasteiger partial charge in [0.1, 0.15) is 10.3 Å². The number of hydrogen-bond donors (Lipinski definition) is 0. The minimum Gasteiger partial charge on any atom is -0.334 e. The second-order valence-corrected chi connectivity index (χ2v) is 4.78. The molecule has 5 heteroatoms. The van der Waals surface area contributed by atoms with E-state index in [-0.39, 0.29) is 11.1 Å². The Labute approximate surface area is 110 Å². The quantitative estimate of drug-likeness (QED) is 0.580. The summed E-state index contributed by atoms with van der Waals surface area (Å²) in [6.45, 7) is 3.38. The second kappa shape index (κ2) is 5.07. The molecule has 0 N–H and O–H groups in total. The zero-order valence-corrected chi connectivity index (χ0v) is 10.9. The minimum absolute atomic E-state index is 0.0911. The van der Waals surface area contributed by atoms with Crippen LogP contribution in [0.15, 0.2) is 23.8 Å². The van der Waals surface area contributed by atoms with E-state index in [9.17, 15) is 4.79 Å². The maximum Gasteiger partial charge on any atom is 0.257 e. The summed E-state index contributed by atoms with van der Waals surface area (Å²) in [5, 5.41) is 0.455. The third-order valence-electron chi connectivity index (χ3n) is 2.66. The topological polar surface area (TPSA) is 33.2 Å². The van der Waals surface area contributed by atoms with E-state index >= 15 is 0 Å². The van der Waals surface area contributed by atoms with Gasteiger partial charge in [0.25, 0.3) is 5.91 Å². The number of aromatic nitrogens is 1. The molecule has 1 amide bonds. The van der Waals surface area contributed by atoms with Crippen LogP contribution in [-0.4, -0.2) is 28.9 Å². The van der Waals surface area contributed by atoms with E-state index in [1.165, 1.54) is 5.57 Å². The number of pyridine rings is 1. The van der Waals surface area contributed by atoms with Gasteiger partial charge in [0.05, 0.1) is 5.56 Å². The molecular weight excluding hydrogens is 259 g/mol. The second-order valence-electron chi connectivity index (χ2n) is 4.04. The highest BCUT2D eigenvalue weighted by Gasteiger charge is 2.20. The van der Waals surface area contributed by atoms with E-state index in [0.717, 1.165) is 13.0 Å². The lowest BCUT2D eigenvalue weighted by Crippen LogP contribution is -2.35. The van der Waals surface area contributed by atoms with Gasteiger partial charge in [-0.25, -0.2) is 4.98 Å². The monoisotopic (exact) mass is 270 g/mol. The summed E-state index contributed by atoms with van der Waals surface area (Å²) in [4.78, 5) is 17.9. The highest BCUT2D eigenvalue weighted by atomic mass is 35.5. The van der Waals surface area contributed by atoms with Gasteiger partial charge in [-0.05, 0) is 25.5 Å². The maximum absolute atomic E-state index is 12.2. The normalized spacial score (nSPS) is 15.7. The van der Waals surface area contributed by atoms with Crippen LogP contribution >= 0.6 is 23.2 Å². The molecule has 1 aromatic heterocycles. The van der Waals surface area contributed by atoms with Crippen LogP contribution < -0.4 is 0 Å². The van der Waals surface area contributed by atoms with E-state index < -0.39 is 0 Å². The lowest BCUT2D eigenvalue weighted by Gasteiger charge is -2.26. The molecule has 0 radical (unpaired) electrons. The third kappa shape index (κ3) is 2.79. The first-order valence-corrected chi connectivity index (χ1v) is 6.10. The van der Waals surface area contributed by atoms with E-state index in [1.54, 1.807) is 17.0 Å². The van der Waals surface area contributed by atoms with Crippen LogP contribution in [0.3, 0.4) is 0 Å². The van der Waals surface area contributed by atoms with Crippen molar-refractivity contribution >= 4 is 29.1 Å². The lowest BCUT2D eigenvalue weighted by atomic mass is 10.1. The molecule has 0 aliphatic carbocycles. The highest BCUT2D eigenvalue weighted by Crippen LogP contribution is 2.20. The molecule has 0 saturated carbocycles. The Bertz CT molecular complexity index is 485. The van der Waals surface area contributed by atoms with Gasteiger partial charge >= 0.3 is 0 Å². The van der Waals surface area contributed by atoms with Crippen molar-refractivity contribution in [3.05, 3.63) is 39.7 Å². The molecule has 17 heavy (non-hydrogen) atoms. The standard InChI is InChI=1S/C12H12Cl2N2O/c1-8-3-2-6-16(7-8)12(17)9-4-5-10(13)15-11(9)14/h3-5H,2,6-7H2,1H3. The summed E-state index contributed by atoms with van der Waals surface area (Å²) in [5.41, 5.74) is 1.61. The largest absolute Gasteiger partial charge is 0.334 e. The molecule has 1 aliphatic heterocycles. The number of carbonyl (C=O) groups is 1. The molecule has 90 valence electrons. The molecule has 3 nitrogen and oxygen atoms in total. The number of carbonyl (C=O) groups excluding carboxylic acids is 1. The molecule has 1 aliphatic rings. The first-order chi connectivity index (χ1) is 8.08. The molecule has 2 heterocycles. The Morgan fingerprint density at radius 1 is 1.41 bits per heavy atom. The Balaban J connectivity index is 2.22. The van der Waals surface area contributed by atoms with Crippen molar-refractivity contribution in [1.82, 2.24) is 9.88 Å². The van der Waals surface area contributed by atoms with Gasteiger partial charge in [-0.2, -0.15) is 0 Å². The Hall–Kier alpha value is -1.06. The summed E-state index contributed by atoms with van der Waals surface area (Å²) in [6, 6.07) is 3.20. The molecule has 2 rings (SSSR count). The van der Waals surface area contributed by atoms with E-state index in [0.29, 0.717) is 17.3 Å². The SMILES string of the molecule is CC1=CCCN(C(=O)c2ccc(Cl)nc2Cl)C1. The van der Waals surface area contributed by atoms with Gasteiger partial charge in [-0.15, -0.1) is 0 Å². The predicted octanol–water partition coefficient (Wildman–Crippen LogP) is 3.18. The van der Waals surface area contributed by atoms with Crippen molar-refractivity contribution in [2.45, 2.75) is 13.3 Å². The van der Waals surface area contributed by atoms with E-state index in [2.05, 4.69) is 11.1 Å². The van der Waals surface area contributed by atoms with Crippen LogP contribution in [0.4, 0.5) is 0 Å². The summed E-state index contributed by atoms with van der Waals surface area (Å²) < 4.78 is 0. The highest BCUT2D eigenvalue weighted by molar-refractivity contribution is 6.34. The zero-order valence-electron chi connectivity index (χ0n) is 9.41. The van der Waals surface area contributed by atoms with Gasteiger partial charge in [0.15, 0.2) is 0 Å². The van der Waals surface area contributed by atoms with Crippen LogP contribution in [0.2, 0.25) is 10.3 Å². The first-order valence-electron chi connectivity index (χ1n) is 5.35. The average Bonchev–Trinajstić information content (AvgIpc) is 2.28. The molecule has 0 unspecified atom stereocenters. The van der Waals surface area contributed by atoms with Crippen LogP contribution in [-0.2, 0) is 0 Å². The lowest BCUT2D eigenvalue weighted by molar-refractivity contribution is 0.0766. The number of rotatable bonds is 1. The molecule has 0 fully saturated rings. The smallest absolute Gasteiger partial charge is 0.257 e. The van der Waals surface area contributed by atoms with Crippen molar-refractivity contribution in [1.29, 1.82) is 0 Å². The summed E-state index contributed by atoms with van der Waals surface area (Å²) >= 11 is 11.6. The van der Waals surface area contributed by atoms with E-state index in [1.807, 2.05) is 6.92 Å². The minimum atomic E-state index is -0.0911.